The summed E-state index contributed by atoms with van der Waals surface area (Å²) >= 11 is 0. The third-order valence-electron chi connectivity index (χ3n) is 7.19. The van der Waals surface area contributed by atoms with Crippen molar-refractivity contribution in [3.8, 4) is 0 Å². The topological polar surface area (TPSA) is 78.3 Å². The Morgan fingerprint density at radius 1 is 1.09 bits per heavy atom. The minimum absolute atomic E-state index is 0.0440. The summed E-state index contributed by atoms with van der Waals surface area (Å²) in [7, 11) is 2.15. The summed E-state index contributed by atoms with van der Waals surface area (Å²) in [6.45, 7) is 5.61. The monoisotopic (exact) mass is 445 g/mol. The van der Waals surface area contributed by atoms with Gasteiger partial charge in [-0.15, -0.1) is 0 Å². The van der Waals surface area contributed by atoms with Crippen LogP contribution < -0.4 is 21.1 Å². The van der Waals surface area contributed by atoms with Crippen LogP contribution in [0.25, 0.3) is 11.0 Å². The molecule has 0 spiro atoms. The first kappa shape index (κ1) is 20.5. The number of hydrogen-bond donors (Lipinski definition) is 2. The molecule has 1 aromatic carbocycles. The van der Waals surface area contributed by atoms with Crippen LogP contribution in [0.4, 0.5) is 23.0 Å². The molecule has 2 N–H and O–H groups in total. The van der Waals surface area contributed by atoms with Crippen molar-refractivity contribution in [2.45, 2.75) is 44.7 Å². The third kappa shape index (κ3) is 3.72. The van der Waals surface area contributed by atoms with Gasteiger partial charge in [-0.1, -0.05) is 12.1 Å². The van der Waals surface area contributed by atoms with Crippen LogP contribution in [0, 0.1) is 6.92 Å². The largest absolute Gasteiger partial charge is 0.381 e. The number of anilines is 4. The van der Waals surface area contributed by atoms with Crippen molar-refractivity contribution in [3.05, 3.63) is 46.4 Å². The van der Waals surface area contributed by atoms with Gasteiger partial charge in [-0.05, 0) is 70.4 Å². The number of hydrogen-bond acceptors (Lipinski definition) is 7. The molecule has 4 heterocycles. The Morgan fingerprint density at radius 3 is 2.70 bits per heavy atom. The van der Waals surface area contributed by atoms with Crippen LogP contribution in [-0.2, 0) is 0 Å². The summed E-state index contributed by atoms with van der Waals surface area (Å²) in [6, 6.07) is 8.85. The first-order valence-electron chi connectivity index (χ1n) is 12.1. The Bertz CT molecular complexity index is 1260. The van der Waals surface area contributed by atoms with E-state index in [1.807, 2.05) is 16.8 Å². The average Bonchev–Trinajstić information content (AvgIpc) is 3.64. The van der Waals surface area contributed by atoms with E-state index in [1.165, 1.54) is 5.56 Å². The maximum Gasteiger partial charge on any atom is 0.276 e. The fraction of sp³-hybridized carbons (Fsp3) is 0.480. The predicted molar refractivity (Wildman–Crippen MR) is 133 cm³/mol. The number of likely N-dealkylation sites (tertiary alicyclic amines) is 1. The number of benzene rings is 1. The molecule has 2 fully saturated rings. The number of aromatic nitrogens is 3. The minimum Gasteiger partial charge on any atom is -0.381 e. The average molecular weight is 446 g/mol. The van der Waals surface area contributed by atoms with E-state index in [0.29, 0.717) is 17.7 Å². The summed E-state index contributed by atoms with van der Waals surface area (Å²) < 4.78 is 1.97. The molecule has 172 valence electrons. The fourth-order valence-electron chi connectivity index (χ4n) is 5.14. The lowest BCUT2D eigenvalue weighted by Gasteiger charge is -2.34. The quantitative estimate of drug-likeness (QED) is 0.636. The van der Waals surface area contributed by atoms with E-state index in [9.17, 15) is 4.79 Å². The molecule has 1 saturated heterocycles. The molecule has 0 bridgehead atoms. The molecular weight excluding hydrogens is 414 g/mol. The molecular formula is C25H31N7O. The zero-order chi connectivity index (χ0) is 22.5. The van der Waals surface area contributed by atoms with E-state index >= 15 is 0 Å². The van der Waals surface area contributed by atoms with Crippen LogP contribution in [-0.4, -0.2) is 58.7 Å². The van der Waals surface area contributed by atoms with Crippen molar-refractivity contribution in [1.29, 1.82) is 0 Å². The Labute approximate surface area is 193 Å². The number of aryl methyl sites for hydroxylation is 1. The molecule has 2 aromatic heterocycles. The summed E-state index contributed by atoms with van der Waals surface area (Å²) in [6.07, 6.45) is 6.08. The van der Waals surface area contributed by atoms with Crippen LogP contribution in [0.1, 0.15) is 37.3 Å². The third-order valence-corrected chi connectivity index (χ3v) is 7.19. The first-order chi connectivity index (χ1) is 16.1. The van der Waals surface area contributed by atoms with Gasteiger partial charge in [-0.3, -0.25) is 9.36 Å². The van der Waals surface area contributed by atoms with Crippen molar-refractivity contribution >= 4 is 34.0 Å². The first-order valence-corrected chi connectivity index (χ1v) is 12.1. The van der Waals surface area contributed by atoms with E-state index in [0.717, 1.165) is 74.3 Å². The van der Waals surface area contributed by atoms with E-state index in [4.69, 9.17) is 4.98 Å². The maximum absolute atomic E-state index is 14.1. The second-order valence-corrected chi connectivity index (χ2v) is 9.68. The molecule has 6 rings (SSSR count). The summed E-state index contributed by atoms with van der Waals surface area (Å²) in [5.74, 6) is 0.627. The number of rotatable bonds is 4. The lowest BCUT2D eigenvalue weighted by Crippen LogP contribution is -2.39. The van der Waals surface area contributed by atoms with E-state index in [1.54, 1.807) is 0 Å². The maximum atomic E-state index is 14.1. The number of nitrogens with zero attached hydrogens (tertiary/aromatic N) is 5. The predicted octanol–water partition coefficient (Wildman–Crippen LogP) is 3.50. The highest BCUT2D eigenvalue weighted by Crippen LogP contribution is 2.37. The van der Waals surface area contributed by atoms with Gasteiger partial charge in [0.05, 0.1) is 11.4 Å². The summed E-state index contributed by atoms with van der Waals surface area (Å²) in [5.41, 5.74) is 4.85. The van der Waals surface area contributed by atoms with Crippen molar-refractivity contribution in [3.63, 3.8) is 0 Å². The molecule has 8 nitrogen and oxygen atoms in total. The van der Waals surface area contributed by atoms with Crippen molar-refractivity contribution in [1.82, 2.24) is 19.4 Å². The minimum atomic E-state index is 0.0440. The van der Waals surface area contributed by atoms with E-state index in [2.05, 4.69) is 57.6 Å². The van der Waals surface area contributed by atoms with Gasteiger partial charge in [0, 0.05) is 36.8 Å². The molecule has 33 heavy (non-hydrogen) atoms. The number of pyridine rings is 1. The number of piperidine rings is 1. The smallest absolute Gasteiger partial charge is 0.276 e. The number of nitrogens with one attached hydrogen (secondary N) is 2. The van der Waals surface area contributed by atoms with Gasteiger partial charge in [-0.25, -0.2) is 4.98 Å². The van der Waals surface area contributed by atoms with Crippen LogP contribution in [0.15, 0.2) is 35.3 Å². The Balaban J connectivity index is 1.52. The van der Waals surface area contributed by atoms with Gasteiger partial charge in [0.2, 0.25) is 5.95 Å². The zero-order valence-corrected chi connectivity index (χ0v) is 19.3. The molecule has 3 aliphatic rings. The highest BCUT2D eigenvalue weighted by Gasteiger charge is 2.28. The van der Waals surface area contributed by atoms with Gasteiger partial charge in [0.15, 0.2) is 0 Å². The summed E-state index contributed by atoms with van der Waals surface area (Å²) in [4.78, 5) is 28.0. The van der Waals surface area contributed by atoms with Gasteiger partial charge in [0.25, 0.3) is 5.56 Å². The van der Waals surface area contributed by atoms with Crippen molar-refractivity contribution in [2.75, 3.05) is 48.8 Å². The zero-order valence-electron chi connectivity index (χ0n) is 19.3. The fourth-order valence-corrected chi connectivity index (χ4v) is 5.14. The van der Waals surface area contributed by atoms with E-state index < -0.39 is 0 Å². The van der Waals surface area contributed by atoms with Gasteiger partial charge < -0.3 is 20.4 Å². The molecule has 1 saturated carbocycles. The van der Waals surface area contributed by atoms with Crippen LogP contribution in [0.5, 0.6) is 0 Å². The number of fused-ring (bicyclic) bond motifs is 2. The molecule has 2 aliphatic heterocycles. The SMILES string of the molecule is Cc1cccc2c1NCCN2c1cc2cnc(NC3CC3)nc2n(C2CCN(C)CC2)c1=O. The highest BCUT2D eigenvalue weighted by atomic mass is 16.1. The number of para-hydroxylation sites is 1. The van der Waals surface area contributed by atoms with Crippen LogP contribution >= 0.6 is 0 Å². The lowest BCUT2D eigenvalue weighted by atomic mass is 10.0. The Morgan fingerprint density at radius 2 is 1.91 bits per heavy atom. The molecule has 0 amide bonds. The molecule has 1 aliphatic carbocycles. The van der Waals surface area contributed by atoms with Crippen LogP contribution in [0.2, 0.25) is 0 Å². The standard InChI is InChI=1S/C25H31N7O/c1-16-4-3-5-20-22(16)26-10-13-31(20)21-14-17-15-27-25(28-18-6-7-18)29-23(17)32(24(21)33)19-8-11-30(2)12-9-19/h3-5,14-15,18-19,26H,6-13H2,1-2H3,(H,27,28,29). The van der Waals surface area contributed by atoms with Crippen molar-refractivity contribution in [2.24, 2.45) is 0 Å². The van der Waals surface area contributed by atoms with Crippen molar-refractivity contribution < 1.29 is 0 Å². The van der Waals surface area contributed by atoms with E-state index in [-0.39, 0.29) is 11.6 Å². The second-order valence-electron chi connectivity index (χ2n) is 9.68. The van der Waals surface area contributed by atoms with Gasteiger partial charge in [-0.2, -0.15) is 4.98 Å². The summed E-state index contributed by atoms with van der Waals surface area (Å²) in [5, 5.41) is 7.82. The Hall–Kier alpha value is -3.13. The molecule has 0 atom stereocenters. The Kier molecular flexibility index (Phi) is 4.98. The molecule has 3 aromatic rings. The van der Waals surface area contributed by atoms with Gasteiger partial charge in [0.1, 0.15) is 11.3 Å². The molecule has 8 heteroatoms. The lowest BCUT2D eigenvalue weighted by molar-refractivity contribution is 0.221. The molecule has 0 unspecified atom stereocenters. The van der Waals surface area contributed by atoms with Gasteiger partial charge >= 0.3 is 0 Å². The van der Waals surface area contributed by atoms with Crippen LogP contribution in [0.3, 0.4) is 0 Å². The molecule has 0 radical (unpaired) electrons. The second kappa shape index (κ2) is 8.02. The highest BCUT2D eigenvalue weighted by molar-refractivity contribution is 5.85. The normalized spacial score (nSPS) is 19.4.